The van der Waals surface area contributed by atoms with E-state index in [4.69, 9.17) is 0 Å². The van der Waals surface area contributed by atoms with Crippen molar-refractivity contribution in [3.63, 3.8) is 0 Å². The molecule has 7 heteroatoms. The molecule has 0 aliphatic carbocycles. The van der Waals surface area contributed by atoms with Gasteiger partial charge in [0.1, 0.15) is 0 Å². The molecule has 0 unspecified atom stereocenters. The highest BCUT2D eigenvalue weighted by molar-refractivity contribution is 6.06. The van der Waals surface area contributed by atoms with Gasteiger partial charge in [-0.25, -0.2) is 0 Å². The Labute approximate surface area is 160 Å². The van der Waals surface area contributed by atoms with Crippen molar-refractivity contribution in [2.45, 2.75) is 12.7 Å². The van der Waals surface area contributed by atoms with Gasteiger partial charge in [0.05, 0.1) is 11.1 Å². The zero-order valence-corrected chi connectivity index (χ0v) is 15.2. The molecule has 2 heterocycles. The van der Waals surface area contributed by atoms with Crippen LogP contribution in [0.25, 0.3) is 10.9 Å². The lowest BCUT2D eigenvalue weighted by Crippen LogP contribution is -2.48. The fourth-order valence-electron chi connectivity index (χ4n) is 3.63. The second-order valence-corrected chi connectivity index (χ2v) is 7.01. The van der Waals surface area contributed by atoms with Crippen LogP contribution < -0.4 is 0 Å². The van der Waals surface area contributed by atoms with Gasteiger partial charge in [-0.15, -0.1) is 0 Å². The summed E-state index contributed by atoms with van der Waals surface area (Å²) in [5, 5.41) is 0.902. The van der Waals surface area contributed by atoms with E-state index in [0.29, 0.717) is 43.9 Å². The van der Waals surface area contributed by atoms with E-state index < -0.39 is 11.7 Å². The molecule has 0 radical (unpaired) electrons. The van der Waals surface area contributed by atoms with Crippen LogP contribution in [0.1, 0.15) is 21.5 Å². The van der Waals surface area contributed by atoms with E-state index in [2.05, 4.69) is 9.88 Å². The molecule has 146 valence electrons. The number of carbonyl (C=O) groups is 1. The molecule has 1 N–H and O–H groups in total. The number of alkyl halides is 3. The maximum Gasteiger partial charge on any atom is 0.416 e. The zero-order valence-electron chi connectivity index (χ0n) is 15.2. The third kappa shape index (κ3) is 3.75. The summed E-state index contributed by atoms with van der Waals surface area (Å²) in [6.45, 7) is 2.81. The highest BCUT2D eigenvalue weighted by Crippen LogP contribution is 2.30. The van der Waals surface area contributed by atoms with Gasteiger partial charge in [-0.2, -0.15) is 13.2 Å². The molecule has 4 rings (SSSR count). The molecule has 2 aromatic carbocycles. The maximum absolute atomic E-state index is 12.9. The number of aromatic nitrogens is 1. The number of halogens is 3. The van der Waals surface area contributed by atoms with Gasteiger partial charge in [-0.1, -0.05) is 36.4 Å². The SMILES string of the molecule is O=C(c1c[nH]c2ccccc12)N1CCN(Cc2cccc(C(F)(F)F)c2)CC1. The van der Waals surface area contributed by atoms with Crippen LogP contribution in [0.3, 0.4) is 0 Å². The lowest BCUT2D eigenvalue weighted by molar-refractivity contribution is -0.137. The number of nitrogens with zero attached hydrogens (tertiary/aromatic N) is 2. The van der Waals surface area contributed by atoms with Gasteiger partial charge in [0.25, 0.3) is 5.91 Å². The number of amides is 1. The van der Waals surface area contributed by atoms with Gasteiger partial charge in [0.15, 0.2) is 0 Å². The summed E-state index contributed by atoms with van der Waals surface area (Å²) in [7, 11) is 0. The lowest BCUT2D eigenvalue weighted by Gasteiger charge is -2.34. The van der Waals surface area contributed by atoms with Crippen LogP contribution in [0.15, 0.2) is 54.7 Å². The fourth-order valence-corrected chi connectivity index (χ4v) is 3.63. The molecule has 1 aromatic heterocycles. The van der Waals surface area contributed by atoms with Crippen molar-refractivity contribution in [1.29, 1.82) is 0 Å². The second kappa shape index (κ2) is 7.31. The van der Waals surface area contributed by atoms with Crippen molar-refractivity contribution in [2.24, 2.45) is 0 Å². The molecule has 28 heavy (non-hydrogen) atoms. The quantitative estimate of drug-likeness (QED) is 0.734. The van der Waals surface area contributed by atoms with Crippen molar-refractivity contribution in [3.8, 4) is 0 Å². The van der Waals surface area contributed by atoms with Crippen LogP contribution in [0.4, 0.5) is 13.2 Å². The molecule has 1 fully saturated rings. The summed E-state index contributed by atoms with van der Waals surface area (Å²) in [5.41, 5.74) is 1.58. The Morgan fingerprint density at radius 3 is 2.50 bits per heavy atom. The number of benzene rings is 2. The number of aromatic amines is 1. The topological polar surface area (TPSA) is 39.3 Å². The van der Waals surface area contributed by atoms with Crippen molar-refractivity contribution >= 4 is 16.8 Å². The molecule has 1 amide bonds. The Morgan fingerprint density at radius 1 is 1.00 bits per heavy atom. The Kier molecular flexibility index (Phi) is 4.85. The standard InChI is InChI=1S/C21H20F3N3O/c22-21(23,24)16-5-3-4-15(12-16)14-26-8-10-27(11-9-26)20(28)18-13-25-19-7-2-1-6-17(18)19/h1-7,12-13,25H,8-11,14H2. The number of para-hydroxylation sites is 1. The van der Waals surface area contributed by atoms with E-state index in [1.54, 1.807) is 17.2 Å². The summed E-state index contributed by atoms with van der Waals surface area (Å²) in [6.07, 6.45) is -2.59. The van der Waals surface area contributed by atoms with Gasteiger partial charge >= 0.3 is 6.18 Å². The first-order chi connectivity index (χ1) is 13.4. The summed E-state index contributed by atoms with van der Waals surface area (Å²) < 4.78 is 38.6. The van der Waals surface area contributed by atoms with E-state index in [0.717, 1.165) is 17.0 Å². The van der Waals surface area contributed by atoms with Crippen LogP contribution >= 0.6 is 0 Å². The number of hydrogen-bond donors (Lipinski definition) is 1. The molecule has 0 saturated carbocycles. The van der Waals surface area contributed by atoms with Crippen LogP contribution in [-0.2, 0) is 12.7 Å². The zero-order chi connectivity index (χ0) is 19.7. The summed E-state index contributed by atoms with van der Waals surface area (Å²) >= 11 is 0. The molecule has 0 bridgehead atoms. The van der Waals surface area contributed by atoms with Crippen molar-refractivity contribution in [1.82, 2.24) is 14.8 Å². The molecular weight excluding hydrogens is 367 g/mol. The highest BCUT2D eigenvalue weighted by Gasteiger charge is 2.30. The third-order valence-corrected chi connectivity index (χ3v) is 5.14. The maximum atomic E-state index is 12.9. The summed E-state index contributed by atoms with van der Waals surface area (Å²) in [4.78, 5) is 19.9. The minimum Gasteiger partial charge on any atom is -0.360 e. The average molecular weight is 387 g/mol. The monoisotopic (exact) mass is 387 g/mol. The fraction of sp³-hybridized carbons (Fsp3) is 0.286. The molecule has 4 nitrogen and oxygen atoms in total. The molecule has 3 aromatic rings. The van der Waals surface area contributed by atoms with E-state index in [1.807, 2.05) is 24.3 Å². The second-order valence-electron chi connectivity index (χ2n) is 7.01. The van der Waals surface area contributed by atoms with E-state index in [-0.39, 0.29) is 5.91 Å². The highest BCUT2D eigenvalue weighted by atomic mass is 19.4. The molecular formula is C21H20F3N3O. The van der Waals surface area contributed by atoms with E-state index in [1.165, 1.54) is 12.1 Å². The number of hydrogen-bond acceptors (Lipinski definition) is 2. The first kappa shape index (κ1) is 18.6. The molecule has 0 atom stereocenters. The molecule has 0 spiro atoms. The van der Waals surface area contributed by atoms with Crippen LogP contribution in [-0.4, -0.2) is 46.9 Å². The Hall–Kier alpha value is -2.80. The summed E-state index contributed by atoms with van der Waals surface area (Å²) in [6, 6.07) is 13.1. The number of carbonyl (C=O) groups excluding carboxylic acids is 1. The van der Waals surface area contributed by atoms with Crippen molar-refractivity contribution in [3.05, 3.63) is 71.4 Å². The number of H-pyrrole nitrogens is 1. The van der Waals surface area contributed by atoms with E-state index in [9.17, 15) is 18.0 Å². The van der Waals surface area contributed by atoms with E-state index >= 15 is 0 Å². The number of nitrogens with one attached hydrogen (secondary N) is 1. The van der Waals surface area contributed by atoms with Crippen molar-refractivity contribution < 1.29 is 18.0 Å². The lowest BCUT2D eigenvalue weighted by atomic mass is 10.1. The Bertz CT molecular complexity index is 988. The largest absolute Gasteiger partial charge is 0.416 e. The third-order valence-electron chi connectivity index (χ3n) is 5.14. The Morgan fingerprint density at radius 2 is 1.75 bits per heavy atom. The number of rotatable bonds is 3. The van der Waals surface area contributed by atoms with Crippen LogP contribution in [0.5, 0.6) is 0 Å². The molecule has 1 aliphatic rings. The normalized spacial score (nSPS) is 15.9. The van der Waals surface area contributed by atoms with Gasteiger partial charge < -0.3 is 9.88 Å². The average Bonchev–Trinajstić information content (AvgIpc) is 3.12. The number of piperazine rings is 1. The molecule has 1 saturated heterocycles. The first-order valence-corrected chi connectivity index (χ1v) is 9.16. The van der Waals surface area contributed by atoms with Gasteiger partial charge in [-0.05, 0) is 17.7 Å². The minimum absolute atomic E-state index is 0.0174. The summed E-state index contributed by atoms with van der Waals surface area (Å²) in [5.74, 6) is -0.0174. The van der Waals surface area contributed by atoms with Crippen LogP contribution in [0, 0.1) is 0 Å². The number of fused-ring (bicyclic) bond motifs is 1. The predicted molar refractivity (Wildman–Crippen MR) is 101 cm³/mol. The Balaban J connectivity index is 1.39. The smallest absolute Gasteiger partial charge is 0.360 e. The van der Waals surface area contributed by atoms with Crippen LogP contribution in [0.2, 0.25) is 0 Å². The van der Waals surface area contributed by atoms with Gasteiger partial charge in [0.2, 0.25) is 0 Å². The minimum atomic E-state index is -4.33. The van der Waals surface area contributed by atoms with Crippen molar-refractivity contribution in [2.75, 3.05) is 26.2 Å². The first-order valence-electron chi connectivity index (χ1n) is 9.16. The van der Waals surface area contributed by atoms with Gasteiger partial charge in [-0.3, -0.25) is 9.69 Å². The van der Waals surface area contributed by atoms with Gasteiger partial charge in [0, 0.05) is 49.8 Å². The predicted octanol–water partition coefficient (Wildman–Crippen LogP) is 4.14. The molecule has 1 aliphatic heterocycles.